The molecule has 2 nitrogen and oxygen atoms in total. The van der Waals surface area contributed by atoms with Crippen molar-refractivity contribution in [1.29, 1.82) is 0 Å². The van der Waals surface area contributed by atoms with Gasteiger partial charge in [-0.3, -0.25) is 4.79 Å². The molecule has 1 amide bonds. The van der Waals surface area contributed by atoms with Gasteiger partial charge in [0.25, 0.3) is 0 Å². The first-order chi connectivity index (χ1) is 7.73. The first-order valence-electron chi connectivity index (χ1n) is 6.07. The minimum atomic E-state index is -0.189. The summed E-state index contributed by atoms with van der Waals surface area (Å²) in [5, 5.41) is 3.01. The number of benzene rings is 1. The van der Waals surface area contributed by atoms with E-state index in [0.29, 0.717) is 0 Å². The normalized spacial score (nSPS) is 12.3. The average molecular weight is 233 g/mol. The number of hydrogen-bond donors (Lipinski definition) is 1. The summed E-state index contributed by atoms with van der Waals surface area (Å²) in [6, 6.07) is 10.4. The average Bonchev–Trinajstić information content (AvgIpc) is 2.15. The van der Waals surface area contributed by atoms with Gasteiger partial charge in [-0.1, -0.05) is 44.2 Å². The summed E-state index contributed by atoms with van der Waals surface area (Å²) >= 11 is 0. The third-order valence-electron chi connectivity index (χ3n) is 2.95. The molecule has 0 saturated carbocycles. The summed E-state index contributed by atoms with van der Waals surface area (Å²) in [5.41, 5.74) is 1.16. The molecular formula is C15H23NO. The Labute approximate surface area is 104 Å². The molecule has 1 N–H and O–H groups in total. The molecular weight excluding hydrogens is 210 g/mol. The lowest BCUT2D eigenvalue weighted by molar-refractivity contribution is -0.120. The Balaban J connectivity index is 2.83. The van der Waals surface area contributed by atoms with Crippen LogP contribution in [-0.2, 0) is 10.2 Å². The molecule has 0 atom stereocenters. The first-order valence-corrected chi connectivity index (χ1v) is 6.07. The molecule has 0 aliphatic carbocycles. The molecule has 2 heteroatoms. The van der Waals surface area contributed by atoms with Crippen molar-refractivity contribution in [2.24, 2.45) is 0 Å². The lowest BCUT2D eigenvalue weighted by Gasteiger charge is -2.35. The molecule has 0 radical (unpaired) electrons. The number of rotatable bonds is 4. The summed E-state index contributed by atoms with van der Waals surface area (Å²) in [5.74, 6) is 0.0267. The monoisotopic (exact) mass is 233 g/mol. The van der Waals surface area contributed by atoms with Crippen LogP contribution in [0.4, 0.5) is 0 Å². The summed E-state index contributed by atoms with van der Waals surface area (Å²) in [4.78, 5) is 11.2. The Morgan fingerprint density at radius 2 is 1.65 bits per heavy atom. The summed E-state index contributed by atoms with van der Waals surface area (Å²) in [7, 11) is 0. The van der Waals surface area contributed by atoms with Gasteiger partial charge in [0.05, 0.1) is 0 Å². The summed E-state index contributed by atoms with van der Waals surface area (Å²) in [6.45, 7) is 10.1. The maximum absolute atomic E-state index is 11.2. The second-order valence-electron chi connectivity index (χ2n) is 5.99. The summed E-state index contributed by atoms with van der Waals surface area (Å²) < 4.78 is 0. The standard InChI is InChI=1S/C15H23NO/c1-12(17)16-15(4,5)11-14(2,3)13-9-7-6-8-10-13/h6-10H,11H2,1-5H3,(H,16,17). The molecule has 0 aromatic heterocycles. The van der Waals surface area contributed by atoms with Crippen molar-refractivity contribution in [3.63, 3.8) is 0 Å². The van der Waals surface area contributed by atoms with Gasteiger partial charge in [-0.15, -0.1) is 0 Å². The van der Waals surface area contributed by atoms with Crippen LogP contribution in [0, 0.1) is 0 Å². The third-order valence-corrected chi connectivity index (χ3v) is 2.95. The molecule has 0 aliphatic heterocycles. The highest BCUT2D eigenvalue weighted by atomic mass is 16.1. The maximum Gasteiger partial charge on any atom is 0.217 e. The quantitative estimate of drug-likeness (QED) is 0.849. The van der Waals surface area contributed by atoms with E-state index < -0.39 is 0 Å². The van der Waals surface area contributed by atoms with Crippen LogP contribution >= 0.6 is 0 Å². The highest BCUT2D eigenvalue weighted by molar-refractivity contribution is 5.73. The van der Waals surface area contributed by atoms with Gasteiger partial charge in [-0.25, -0.2) is 0 Å². The fourth-order valence-electron chi connectivity index (χ4n) is 2.62. The van der Waals surface area contributed by atoms with Crippen LogP contribution in [0.2, 0.25) is 0 Å². The van der Waals surface area contributed by atoms with E-state index in [4.69, 9.17) is 0 Å². The van der Waals surface area contributed by atoms with Crippen molar-refractivity contribution in [2.75, 3.05) is 0 Å². The van der Waals surface area contributed by atoms with Crippen LogP contribution in [0.5, 0.6) is 0 Å². The zero-order valence-electron chi connectivity index (χ0n) is 11.5. The Bertz CT molecular complexity index is 379. The first kappa shape index (κ1) is 13.8. The van der Waals surface area contributed by atoms with Gasteiger partial charge in [0.1, 0.15) is 0 Å². The Hall–Kier alpha value is -1.31. The SMILES string of the molecule is CC(=O)NC(C)(C)CC(C)(C)c1ccccc1. The lowest BCUT2D eigenvalue weighted by atomic mass is 9.75. The van der Waals surface area contributed by atoms with Crippen LogP contribution < -0.4 is 5.32 Å². The van der Waals surface area contributed by atoms with Gasteiger partial charge in [-0.05, 0) is 31.2 Å². The number of carbonyl (C=O) groups excluding carboxylic acids is 1. The van der Waals surface area contributed by atoms with Crippen molar-refractivity contribution in [3.05, 3.63) is 35.9 Å². The van der Waals surface area contributed by atoms with Crippen LogP contribution in [0.1, 0.15) is 46.6 Å². The van der Waals surface area contributed by atoms with Gasteiger partial charge in [0.2, 0.25) is 5.91 Å². The predicted octanol–water partition coefficient (Wildman–Crippen LogP) is 3.27. The molecule has 1 aromatic carbocycles. The molecule has 0 fully saturated rings. The zero-order chi connectivity index (χ0) is 13.1. The molecule has 0 heterocycles. The molecule has 0 aliphatic rings. The minimum Gasteiger partial charge on any atom is -0.351 e. The van der Waals surface area contributed by atoms with Crippen molar-refractivity contribution >= 4 is 5.91 Å². The van der Waals surface area contributed by atoms with Crippen molar-refractivity contribution in [2.45, 2.75) is 52.0 Å². The Morgan fingerprint density at radius 1 is 1.12 bits per heavy atom. The third kappa shape index (κ3) is 4.22. The lowest BCUT2D eigenvalue weighted by Crippen LogP contribution is -2.46. The molecule has 1 aromatic rings. The Morgan fingerprint density at radius 3 is 2.12 bits per heavy atom. The van der Waals surface area contributed by atoms with Gasteiger partial charge in [0, 0.05) is 12.5 Å². The highest BCUT2D eigenvalue weighted by Crippen LogP contribution is 2.31. The fourth-order valence-corrected chi connectivity index (χ4v) is 2.62. The smallest absolute Gasteiger partial charge is 0.217 e. The van der Waals surface area contributed by atoms with Crippen LogP contribution in [-0.4, -0.2) is 11.4 Å². The molecule has 0 unspecified atom stereocenters. The molecule has 0 spiro atoms. The van der Waals surface area contributed by atoms with Crippen molar-refractivity contribution in [1.82, 2.24) is 5.32 Å². The molecule has 94 valence electrons. The van der Waals surface area contributed by atoms with Crippen molar-refractivity contribution < 1.29 is 4.79 Å². The van der Waals surface area contributed by atoms with Crippen LogP contribution in [0.25, 0.3) is 0 Å². The molecule has 0 bridgehead atoms. The number of carbonyl (C=O) groups is 1. The Kier molecular flexibility index (Phi) is 3.97. The van der Waals surface area contributed by atoms with E-state index in [-0.39, 0.29) is 16.9 Å². The van der Waals surface area contributed by atoms with E-state index in [1.54, 1.807) is 6.92 Å². The maximum atomic E-state index is 11.2. The zero-order valence-corrected chi connectivity index (χ0v) is 11.5. The van der Waals surface area contributed by atoms with E-state index in [9.17, 15) is 4.79 Å². The molecule has 17 heavy (non-hydrogen) atoms. The van der Waals surface area contributed by atoms with E-state index in [0.717, 1.165) is 6.42 Å². The van der Waals surface area contributed by atoms with E-state index in [1.807, 2.05) is 6.07 Å². The van der Waals surface area contributed by atoms with Gasteiger partial charge in [-0.2, -0.15) is 0 Å². The van der Waals surface area contributed by atoms with E-state index in [1.165, 1.54) is 5.56 Å². The second-order valence-corrected chi connectivity index (χ2v) is 5.99. The number of hydrogen-bond acceptors (Lipinski definition) is 1. The molecule has 0 saturated heterocycles. The summed E-state index contributed by atoms with van der Waals surface area (Å²) in [6.07, 6.45) is 0.906. The van der Waals surface area contributed by atoms with E-state index >= 15 is 0 Å². The van der Waals surface area contributed by atoms with Gasteiger partial charge in [0.15, 0.2) is 0 Å². The van der Waals surface area contributed by atoms with Crippen molar-refractivity contribution in [3.8, 4) is 0 Å². The second kappa shape index (κ2) is 4.91. The topological polar surface area (TPSA) is 29.1 Å². The van der Waals surface area contributed by atoms with E-state index in [2.05, 4.69) is 57.3 Å². The number of amides is 1. The molecule has 1 rings (SSSR count). The van der Waals surface area contributed by atoms with Crippen LogP contribution in [0.3, 0.4) is 0 Å². The number of nitrogens with one attached hydrogen (secondary N) is 1. The highest BCUT2D eigenvalue weighted by Gasteiger charge is 2.30. The van der Waals surface area contributed by atoms with Gasteiger partial charge >= 0.3 is 0 Å². The fraction of sp³-hybridized carbons (Fsp3) is 0.533. The van der Waals surface area contributed by atoms with Crippen LogP contribution in [0.15, 0.2) is 30.3 Å². The largest absolute Gasteiger partial charge is 0.351 e. The minimum absolute atomic E-state index is 0.0267. The van der Waals surface area contributed by atoms with Gasteiger partial charge < -0.3 is 5.32 Å². The predicted molar refractivity (Wildman–Crippen MR) is 72.0 cm³/mol.